The Morgan fingerprint density at radius 2 is 2.44 bits per heavy atom. The predicted molar refractivity (Wildman–Crippen MR) is 63.2 cm³/mol. The third-order valence-corrected chi connectivity index (χ3v) is 3.74. The van der Waals surface area contributed by atoms with Crippen LogP contribution in [0.25, 0.3) is 0 Å². The minimum absolute atomic E-state index is 0.322. The van der Waals surface area contributed by atoms with E-state index < -0.39 is 0 Å². The number of hydrogen-bond acceptors (Lipinski definition) is 3. The third-order valence-electron chi connectivity index (χ3n) is 3.74. The maximum absolute atomic E-state index is 5.96. The van der Waals surface area contributed by atoms with Gasteiger partial charge in [-0.1, -0.05) is 0 Å². The first kappa shape index (κ1) is 10.3. The molecule has 0 bridgehead atoms. The molecule has 3 N–H and O–H groups in total. The second-order valence-electron chi connectivity index (χ2n) is 5.16. The first-order valence-electron chi connectivity index (χ1n) is 6.32. The minimum Gasteiger partial charge on any atom is -0.333 e. The summed E-state index contributed by atoms with van der Waals surface area (Å²) in [6.45, 7) is 3.27. The lowest BCUT2D eigenvalue weighted by Crippen LogP contribution is -2.31. The molecule has 1 aromatic heterocycles. The van der Waals surface area contributed by atoms with Crippen LogP contribution in [0.2, 0.25) is 0 Å². The van der Waals surface area contributed by atoms with Gasteiger partial charge in [0.2, 0.25) is 0 Å². The van der Waals surface area contributed by atoms with Crippen LogP contribution in [0.1, 0.15) is 24.4 Å². The smallest absolute Gasteiger partial charge is 0.109 e. The molecule has 4 nitrogen and oxygen atoms in total. The Labute approximate surface area is 96.2 Å². The Bertz CT molecular complexity index is 365. The van der Waals surface area contributed by atoms with Crippen LogP contribution in [0, 0.1) is 5.92 Å². The van der Waals surface area contributed by atoms with Gasteiger partial charge in [0.15, 0.2) is 0 Å². The number of hydrogen-bond donors (Lipinski definition) is 2. The van der Waals surface area contributed by atoms with Gasteiger partial charge >= 0.3 is 0 Å². The van der Waals surface area contributed by atoms with Crippen LogP contribution >= 0.6 is 0 Å². The van der Waals surface area contributed by atoms with Crippen LogP contribution in [0.15, 0.2) is 6.20 Å². The van der Waals surface area contributed by atoms with Crippen LogP contribution in [0.3, 0.4) is 0 Å². The average Bonchev–Trinajstić information content (AvgIpc) is 2.86. The summed E-state index contributed by atoms with van der Waals surface area (Å²) in [4.78, 5) is 4.73. The molecule has 88 valence electrons. The first-order chi connectivity index (χ1) is 7.81. The summed E-state index contributed by atoms with van der Waals surface area (Å²) in [5.74, 6) is 2.02. The molecule has 16 heavy (non-hydrogen) atoms. The van der Waals surface area contributed by atoms with Gasteiger partial charge in [0.05, 0.1) is 5.69 Å². The lowest BCUT2D eigenvalue weighted by molar-refractivity contribution is 0.453. The zero-order valence-corrected chi connectivity index (χ0v) is 9.65. The van der Waals surface area contributed by atoms with Crippen LogP contribution in [0.5, 0.6) is 0 Å². The topological polar surface area (TPSA) is 55.9 Å². The van der Waals surface area contributed by atoms with Crippen molar-refractivity contribution in [3.05, 3.63) is 17.7 Å². The highest BCUT2D eigenvalue weighted by Gasteiger charge is 2.20. The van der Waals surface area contributed by atoms with E-state index in [1.165, 1.54) is 24.5 Å². The van der Waals surface area contributed by atoms with Gasteiger partial charge in [-0.15, -0.1) is 0 Å². The van der Waals surface area contributed by atoms with Gasteiger partial charge in [-0.25, -0.2) is 4.98 Å². The second-order valence-corrected chi connectivity index (χ2v) is 5.16. The molecule has 3 heterocycles. The summed E-state index contributed by atoms with van der Waals surface area (Å²) in [6.07, 6.45) is 6.77. The fourth-order valence-corrected chi connectivity index (χ4v) is 2.81. The number of rotatable bonds is 2. The van der Waals surface area contributed by atoms with Crippen LogP contribution in [0.4, 0.5) is 0 Å². The Kier molecular flexibility index (Phi) is 2.69. The number of nitrogens with one attached hydrogen (secondary N) is 1. The highest BCUT2D eigenvalue weighted by atomic mass is 15.1. The Balaban J connectivity index is 1.71. The van der Waals surface area contributed by atoms with Crippen LogP contribution < -0.4 is 11.1 Å². The summed E-state index contributed by atoms with van der Waals surface area (Å²) in [5.41, 5.74) is 7.23. The number of imidazole rings is 1. The van der Waals surface area contributed by atoms with E-state index >= 15 is 0 Å². The van der Waals surface area contributed by atoms with Crippen molar-refractivity contribution in [3.63, 3.8) is 0 Å². The largest absolute Gasteiger partial charge is 0.333 e. The molecule has 1 saturated heterocycles. The van der Waals surface area contributed by atoms with Crippen molar-refractivity contribution in [1.29, 1.82) is 0 Å². The summed E-state index contributed by atoms with van der Waals surface area (Å²) < 4.78 is 2.26. The van der Waals surface area contributed by atoms with E-state index in [0.717, 1.165) is 38.3 Å². The van der Waals surface area contributed by atoms with E-state index in [1.807, 2.05) is 0 Å². The molecule has 1 fully saturated rings. The number of aromatic nitrogens is 2. The van der Waals surface area contributed by atoms with E-state index in [-0.39, 0.29) is 0 Å². The van der Waals surface area contributed by atoms with E-state index in [9.17, 15) is 0 Å². The van der Waals surface area contributed by atoms with E-state index in [2.05, 4.69) is 16.1 Å². The van der Waals surface area contributed by atoms with Crippen LogP contribution in [-0.4, -0.2) is 28.7 Å². The molecule has 0 radical (unpaired) electrons. The molecular weight excluding hydrogens is 200 g/mol. The van der Waals surface area contributed by atoms with Crippen molar-refractivity contribution < 1.29 is 0 Å². The zero-order valence-electron chi connectivity index (χ0n) is 9.65. The van der Waals surface area contributed by atoms with Gasteiger partial charge in [-0.2, -0.15) is 0 Å². The molecule has 0 spiro atoms. The van der Waals surface area contributed by atoms with E-state index in [0.29, 0.717) is 6.04 Å². The molecule has 2 unspecified atom stereocenters. The normalized spacial score (nSPS) is 29.3. The van der Waals surface area contributed by atoms with E-state index in [1.54, 1.807) is 0 Å². The fraction of sp³-hybridized carbons (Fsp3) is 0.750. The van der Waals surface area contributed by atoms with Crippen molar-refractivity contribution in [2.24, 2.45) is 11.7 Å². The van der Waals surface area contributed by atoms with Gasteiger partial charge in [0.25, 0.3) is 0 Å². The molecule has 2 aliphatic heterocycles. The molecule has 2 aliphatic rings. The highest BCUT2D eigenvalue weighted by Crippen LogP contribution is 2.18. The van der Waals surface area contributed by atoms with Crippen molar-refractivity contribution >= 4 is 0 Å². The van der Waals surface area contributed by atoms with Crippen molar-refractivity contribution in [2.75, 3.05) is 13.1 Å². The van der Waals surface area contributed by atoms with Crippen molar-refractivity contribution in [2.45, 2.75) is 38.3 Å². The van der Waals surface area contributed by atoms with Crippen LogP contribution in [-0.2, 0) is 19.4 Å². The number of aryl methyl sites for hydroxylation is 1. The predicted octanol–water partition coefficient (Wildman–Crippen LogP) is 0.309. The monoisotopic (exact) mass is 220 g/mol. The summed E-state index contributed by atoms with van der Waals surface area (Å²) >= 11 is 0. The second kappa shape index (κ2) is 4.18. The molecule has 0 amide bonds. The molecule has 2 atom stereocenters. The molecule has 0 aliphatic carbocycles. The number of fused-ring (bicyclic) bond motifs is 1. The molecule has 3 rings (SSSR count). The lowest BCUT2D eigenvalue weighted by Gasteiger charge is -2.19. The fourth-order valence-electron chi connectivity index (χ4n) is 2.81. The van der Waals surface area contributed by atoms with Gasteiger partial charge in [-0.05, 0) is 38.3 Å². The highest BCUT2D eigenvalue weighted by molar-refractivity contribution is 5.08. The Hall–Kier alpha value is -0.870. The summed E-state index contributed by atoms with van der Waals surface area (Å²) in [7, 11) is 0. The average molecular weight is 220 g/mol. The third kappa shape index (κ3) is 1.99. The number of nitrogens with two attached hydrogens (primary N) is 1. The molecule has 4 heteroatoms. The standard InChI is InChI=1S/C12H20N4/c13-10-1-2-12-15-11(8-16(12)7-10)5-9-3-4-14-6-9/h8-10,14H,1-7,13H2. The van der Waals surface area contributed by atoms with Crippen molar-refractivity contribution in [3.8, 4) is 0 Å². The van der Waals surface area contributed by atoms with E-state index in [4.69, 9.17) is 10.7 Å². The SMILES string of the molecule is NC1CCc2nc(CC3CCNC3)cn2C1. The quantitative estimate of drug-likeness (QED) is 0.754. The first-order valence-corrected chi connectivity index (χ1v) is 6.32. The lowest BCUT2D eigenvalue weighted by atomic mass is 10.0. The molecule has 1 aromatic rings. The molecular formula is C12H20N4. The number of nitrogens with zero attached hydrogens (tertiary/aromatic N) is 2. The van der Waals surface area contributed by atoms with Crippen molar-refractivity contribution in [1.82, 2.24) is 14.9 Å². The molecule has 0 saturated carbocycles. The maximum Gasteiger partial charge on any atom is 0.109 e. The minimum atomic E-state index is 0.322. The Morgan fingerprint density at radius 3 is 3.25 bits per heavy atom. The van der Waals surface area contributed by atoms with Gasteiger partial charge in [0.1, 0.15) is 5.82 Å². The summed E-state index contributed by atoms with van der Waals surface area (Å²) in [6, 6.07) is 0.322. The summed E-state index contributed by atoms with van der Waals surface area (Å²) in [5, 5.41) is 3.41. The molecule has 0 aromatic carbocycles. The van der Waals surface area contributed by atoms with Gasteiger partial charge in [-0.3, -0.25) is 0 Å². The maximum atomic E-state index is 5.96. The Morgan fingerprint density at radius 1 is 1.50 bits per heavy atom. The van der Waals surface area contributed by atoms with Gasteiger partial charge in [0, 0.05) is 25.2 Å². The van der Waals surface area contributed by atoms with Gasteiger partial charge < -0.3 is 15.6 Å². The zero-order chi connectivity index (χ0) is 11.0.